The molecule has 0 bridgehead atoms. The lowest BCUT2D eigenvalue weighted by atomic mass is 10.1. The Kier molecular flexibility index (Phi) is 4.86. The number of anilines is 1. The zero-order chi connectivity index (χ0) is 14.6. The number of nitrogens with two attached hydrogens (primary N) is 1. The van der Waals surface area contributed by atoms with Crippen LogP contribution in [0.5, 0.6) is 0 Å². The largest absolute Gasteiger partial charge is 0.393 e. The molecular formula is C13H19N3O3. The summed E-state index contributed by atoms with van der Waals surface area (Å²) in [6.45, 7) is 6.88. The van der Waals surface area contributed by atoms with Gasteiger partial charge in [-0.15, -0.1) is 0 Å². The summed E-state index contributed by atoms with van der Waals surface area (Å²) in [6, 6.07) is 4.42. The van der Waals surface area contributed by atoms with Crippen LogP contribution in [-0.2, 0) is 0 Å². The maximum atomic E-state index is 12.4. The highest BCUT2D eigenvalue weighted by Gasteiger charge is 2.26. The standard InChI is InChI=1S/C13H19N3O3/c1-4-15(8-9(2)3)13(17)10-6-5-7-11(14)12(10)16(18)19/h5-7,9H,4,8,14H2,1-3H3. The van der Waals surface area contributed by atoms with Crippen molar-refractivity contribution in [2.24, 2.45) is 5.92 Å². The van der Waals surface area contributed by atoms with E-state index in [2.05, 4.69) is 0 Å². The first-order chi connectivity index (χ1) is 8.88. The third-order valence-electron chi connectivity index (χ3n) is 2.73. The Hall–Kier alpha value is -2.11. The number of nitrogen functional groups attached to an aromatic ring is 1. The topological polar surface area (TPSA) is 89.5 Å². The van der Waals surface area contributed by atoms with Gasteiger partial charge in [0.1, 0.15) is 11.3 Å². The van der Waals surface area contributed by atoms with E-state index in [0.29, 0.717) is 19.0 Å². The highest BCUT2D eigenvalue weighted by atomic mass is 16.6. The SMILES string of the molecule is CCN(CC(C)C)C(=O)c1cccc(N)c1[N+](=O)[O-]. The number of amides is 1. The van der Waals surface area contributed by atoms with Crippen molar-refractivity contribution in [3.05, 3.63) is 33.9 Å². The van der Waals surface area contributed by atoms with Gasteiger partial charge in [-0.2, -0.15) is 0 Å². The van der Waals surface area contributed by atoms with Gasteiger partial charge in [0.25, 0.3) is 5.91 Å². The smallest absolute Gasteiger partial charge is 0.304 e. The molecule has 0 aliphatic carbocycles. The molecule has 0 radical (unpaired) electrons. The summed E-state index contributed by atoms with van der Waals surface area (Å²) in [6.07, 6.45) is 0. The van der Waals surface area contributed by atoms with E-state index in [9.17, 15) is 14.9 Å². The maximum absolute atomic E-state index is 12.4. The number of hydrogen-bond donors (Lipinski definition) is 1. The van der Waals surface area contributed by atoms with Crippen molar-refractivity contribution in [1.82, 2.24) is 4.90 Å². The minimum absolute atomic E-state index is 0.0106. The van der Waals surface area contributed by atoms with E-state index in [0.717, 1.165) is 0 Å². The monoisotopic (exact) mass is 265 g/mol. The summed E-state index contributed by atoms with van der Waals surface area (Å²) in [4.78, 5) is 24.4. The van der Waals surface area contributed by atoms with Gasteiger partial charge in [0.2, 0.25) is 0 Å². The highest BCUT2D eigenvalue weighted by Crippen LogP contribution is 2.27. The predicted octanol–water partition coefficient (Wildman–Crippen LogP) is 2.30. The molecule has 1 amide bonds. The molecule has 2 N–H and O–H groups in total. The summed E-state index contributed by atoms with van der Waals surface area (Å²) >= 11 is 0. The second-order valence-electron chi connectivity index (χ2n) is 4.74. The maximum Gasteiger partial charge on any atom is 0.304 e. The molecule has 6 nitrogen and oxygen atoms in total. The fourth-order valence-electron chi connectivity index (χ4n) is 1.90. The Balaban J connectivity index is 3.18. The number of hydrogen-bond acceptors (Lipinski definition) is 4. The van der Waals surface area contributed by atoms with Crippen molar-refractivity contribution in [3.63, 3.8) is 0 Å². The Morgan fingerprint density at radius 1 is 1.47 bits per heavy atom. The molecule has 0 atom stereocenters. The van der Waals surface area contributed by atoms with Crippen LogP contribution in [0, 0.1) is 16.0 Å². The Labute approximate surface area is 112 Å². The van der Waals surface area contributed by atoms with Gasteiger partial charge in [-0.1, -0.05) is 19.9 Å². The normalized spacial score (nSPS) is 10.5. The average Bonchev–Trinajstić information content (AvgIpc) is 2.34. The lowest BCUT2D eigenvalue weighted by Crippen LogP contribution is -2.34. The lowest BCUT2D eigenvalue weighted by molar-refractivity contribution is -0.384. The van der Waals surface area contributed by atoms with Gasteiger partial charge < -0.3 is 10.6 Å². The van der Waals surface area contributed by atoms with Crippen molar-refractivity contribution in [1.29, 1.82) is 0 Å². The first kappa shape index (κ1) is 14.9. The number of nitrogens with zero attached hydrogens (tertiary/aromatic N) is 2. The molecule has 104 valence electrons. The zero-order valence-electron chi connectivity index (χ0n) is 11.4. The summed E-state index contributed by atoms with van der Waals surface area (Å²) in [5.41, 5.74) is 5.34. The third-order valence-corrected chi connectivity index (χ3v) is 2.73. The first-order valence-corrected chi connectivity index (χ1v) is 6.20. The van der Waals surface area contributed by atoms with Crippen LogP contribution in [0.4, 0.5) is 11.4 Å². The van der Waals surface area contributed by atoms with E-state index in [-0.39, 0.29) is 22.8 Å². The molecule has 0 heterocycles. The van der Waals surface area contributed by atoms with Gasteiger partial charge >= 0.3 is 5.69 Å². The van der Waals surface area contributed by atoms with E-state index < -0.39 is 4.92 Å². The van der Waals surface area contributed by atoms with Crippen LogP contribution < -0.4 is 5.73 Å². The van der Waals surface area contributed by atoms with Gasteiger partial charge in [-0.3, -0.25) is 14.9 Å². The quantitative estimate of drug-likeness (QED) is 0.502. The number of carbonyl (C=O) groups is 1. The minimum Gasteiger partial charge on any atom is -0.393 e. The molecule has 0 spiro atoms. The van der Waals surface area contributed by atoms with Crippen molar-refractivity contribution in [2.75, 3.05) is 18.8 Å². The molecule has 6 heteroatoms. The Morgan fingerprint density at radius 3 is 2.58 bits per heavy atom. The molecule has 0 saturated carbocycles. The van der Waals surface area contributed by atoms with E-state index in [4.69, 9.17) is 5.73 Å². The molecule has 0 aromatic heterocycles. The molecule has 19 heavy (non-hydrogen) atoms. The van der Waals surface area contributed by atoms with Crippen LogP contribution in [0.2, 0.25) is 0 Å². The van der Waals surface area contributed by atoms with Gasteiger partial charge in [-0.05, 0) is 25.0 Å². The van der Waals surface area contributed by atoms with E-state index >= 15 is 0 Å². The van der Waals surface area contributed by atoms with Gasteiger partial charge in [0.05, 0.1) is 4.92 Å². The van der Waals surface area contributed by atoms with Crippen molar-refractivity contribution in [2.45, 2.75) is 20.8 Å². The summed E-state index contributed by atoms with van der Waals surface area (Å²) in [5, 5.41) is 11.0. The number of rotatable bonds is 5. The summed E-state index contributed by atoms with van der Waals surface area (Å²) in [7, 11) is 0. The van der Waals surface area contributed by atoms with Crippen molar-refractivity contribution < 1.29 is 9.72 Å². The molecule has 0 unspecified atom stereocenters. The second kappa shape index (κ2) is 6.17. The van der Waals surface area contributed by atoms with Crippen LogP contribution in [0.1, 0.15) is 31.1 Å². The Bertz CT molecular complexity index is 486. The number of carbonyl (C=O) groups excluding carboxylic acids is 1. The first-order valence-electron chi connectivity index (χ1n) is 6.20. The molecule has 0 aliphatic heterocycles. The van der Waals surface area contributed by atoms with Crippen LogP contribution in [0.15, 0.2) is 18.2 Å². The predicted molar refractivity (Wildman–Crippen MR) is 73.9 cm³/mol. The van der Waals surface area contributed by atoms with Gasteiger partial charge in [0.15, 0.2) is 0 Å². The number of nitro groups is 1. The van der Waals surface area contributed by atoms with Crippen LogP contribution >= 0.6 is 0 Å². The van der Waals surface area contributed by atoms with E-state index in [1.54, 1.807) is 11.0 Å². The van der Waals surface area contributed by atoms with E-state index in [1.165, 1.54) is 12.1 Å². The average molecular weight is 265 g/mol. The summed E-state index contributed by atoms with van der Waals surface area (Å²) in [5.74, 6) is -0.0563. The molecular weight excluding hydrogens is 246 g/mol. The van der Waals surface area contributed by atoms with Crippen LogP contribution in [0.3, 0.4) is 0 Å². The molecule has 1 aromatic rings. The highest BCUT2D eigenvalue weighted by molar-refractivity contribution is 6.00. The molecule has 0 aliphatic rings. The second-order valence-corrected chi connectivity index (χ2v) is 4.74. The number of para-hydroxylation sites is 1. The number of nitro benzene ring substituents is 1. The zero-order valence-corrected chi connectivity index (χ0v) is 11.4. The van der Waals surface area contributed by atoms with Crippen LogP contribution in [-0.4, -0.2) is 28.8 Å². The third kappa shape index (κ3) is 3.43. The lowest BCUT2D eigenvalue weighted by Gasteiger charge is -2.23. The Morgan fingerprint density at radius 2 is 2.11 bits per heavy atom. The van der Waals surface area contributed by atoms with E-state index in [1.807, 2.05) is 20.8 Å². The number of benzene rings is 1. The van der Waals surface area contributed by atoms with Gasteiger partial charge in [0, 0.05) is 13.1 Å². The van der Waals surface area contributed by atoms with Crippen molar-refractivity contribution >= 4 is 17.3 Å². The minimum atomic E-state index is -0.605. The molecule has 0 fully saturated rings. The molecule has 0 saturated heterocycles. The fraction of sp³-hybridized carbons (Fsp3) is 0.462. The fourth-order valence-corrected chi connectivity index (χ4v) is 1.90. The summed E-state index contributed by atoms with van der Waals surface area (Å²) < 4.78 is 0. The van der Waals surface area contributed by atoms with Crippen LogP contribution in [0.25, 0.3) is 0 Å². The van der Waals surface area contributed by atoms with Gasteiger partial charge in [-0.25, -0.2) is 0 Å². The molecule has 1 aromatic carbocycles. The molecule has 1 rings (SSSR count). The van der Waals surface area contributed by atoms with Crippen molar-refractivity contribution in [3.8, 4) is 0 Å².